The summed E-state index contributed by atoms with van der Waals surface area (Å²) in [6.45, 7) is 8.89. The van der Waals surface area contributed by atoms with Crippen LogP contribution in [-0.4, -0.2) is 46.9 Å². The molecule has 1 unspecified atom stereocenters. The molecule has 0 bridgehead atoms. The second kappa shape index (κ2) is 10.7. The number of anilines is 1. The van der Waals surface area contributed by atoms with E-state index in [1.54, 1.807) is 0 Å². The van der Waals surface area contributed by atoms with Crippen molar-refractivity contribution in [3.63, 3.8) is 0 Å². The Balaban J connectivity index is 1.24. The predicted octanol–water partition coefficient (Wildman–Crippen LogP) is 6.64. The summed E-state index contributed by atoms with van der Waals surface area (Å²) in [6.07, 6.45) is 2.07. The molecule has 4 aromatic rings. The van der Waals surface area contributed by atoms with Gasteiger partial charge in [-0.1, -0.05) is 54.1 Å². The molecule has 5 heteroatoms. The average Bonchev–Trinajstić information content (AvgIpc) is 3.29. The highest BCUT2D eigenvalue weighted by Crippen LogP contribution is 2.26. The summed E-state index contributed by atoms with van der Waals surface area (Å²) in [5.74, 6) is 0. The molecule has 0 amide bonds. The van der Waals surface area contributed by atoms with E-state index in [1.165, 1.54) is 11.3 Å². The largest absolute Gasteiger partial charge is 0.366 e. The highest BCUT2D eigenvalue weighted by atomic mass is 35.5. The third-order valence-electron chi connectivity index (χ3n) is 6.85. The summed E-state index contributed by atoms with van der Waals surface area (Å²) in [7, 11) is 0. The van der Waals surface area contributed by atoms with Crippen molar-refractivity contribution >= 4 is 17.3 Å². The van der Waals surface area contributed by atoms with Gasteiger partial charge in [-0.2, -0.15) is 5.10 Å². The quantitative estimate of drug-likeness (QED) is 0.293. The molecular formula is C30H33ClN4. The Hall–Kier alpha value is -3.08. The van der Waals surface area contributed by atoms with E-state index in [9.17, 15) is 0 Å². The fourth-order valence-electron chi connectivity index (χ4n) is 5.05. The molecule has 0 spiro atoms. The van der Waals surface area contributed by atoms with Gasteiger partial charge in [0, 0.05) is 41.9 Å². The normalized spacial score (nSPS) is 16.5. The molecular weight excluding hydrogens is 452 g/mol. The minimum absolute atomic E-state index is 0.513. The number of hydrogen-bond acceptors (Lipinski definition) is 3. The number of rotatable bonds is 7. The van der Waals surface area contributed by atoms with Gasteiger partial charge < -0.3 is 4.90 Å². The van der Waals surface area contributed by atoms with Crippen LogP contribution in [0.4, 0.5) is 5.69 Å². The second-order valence-electron chi connectivity index (χ2n) is 9.56. The molecule has 0 N–H and O–H groups in total. The van der Waals surface area contributed by atoms with Crippen LogP contribution in [0.15, 0.2) is 84.9 Å². The lowest BCUT2D eigenvalue weighted by atomic mass is 10.1. The highest BCUT2D eigenvalue weighted by Gasteiger charge is 2.23. The van der Waals surface area contributed by atoms with Crippen molar-refractivity contribution in [1.29, 1.82) is 0 Å². The van der Waals surface area contributed by atoms with Crippen molar-refractivity contribution in [2.45, 2.75) is 32.7 Å². The second-order valence-corrected chi connectivity index (χ2v) is 10.00. The first-order chi connectivity index (χ1) is 17.1. The van der Waals surface area contributed by atoms with Gasteiger partial charge >= 0.3 is 0 Å². The summed E-state index contributed by atoms with van der Waals surface area (Å²) in [4.78, 5) is 5.15. The number of aryl methyl sites for hydroxylation is 2. The van der Waals surface area contributed by atoms with Crippen LogP contribution in [-0.2, 0) is 6.42 Å². The lowest BCUT2D eigenvalue weighted by Gasteiger charge is -2.41. The van der Waals surface area contributed by atoms with E-state index in [0.717, 1.165) is 66.7 Å². The molecule has 3 aromatic carbocycles. The van der Waals surface area contributed by atoms with Gasteiger partial charge in [-0.15, -0.1) is 0 Å². The summed E-state index contributed by atoms with van der Waals surface area (Å²) in [5.41, 5.74) is 7.10. The summed E-state index contributed by atoms with van der Waals surface area (Å²) in [5, 5.41) is 5.74. The van der Waals surface area contributed by atoms with E-state index >= 15 is 0 Å². The molecule has 1 saturated heterocycles. The van der Waals surface area contributed by atoms with Crippen LogP contribution >= 0.6 is 11.6 Å². The fourth-order valence-corrected chi connectivity index (χ4v) is 5.18. The van der Waals surface area contributed by atoms with Crippen LogP contribution in [0, 0.1) is 6.92 Å². The number of para-hydroxylation sites is 1. The van der Waals surface area contributed by atoms with E-state index in [-0.39, 0.29) is 0 Å². The number of hydrogen-bond donors (Lipinski definition) is 0. The lowest BCUT2D eigenvalue weighted by Crippen LogP contribution is -2.52. The van der Waals surface area contributed by atoms with E-state index in [0.29, 0.717) is 6.04 Å². The molecule has 0 radical (unpaired) electrons. The fraction of sp³-hybridized carbons (Fsp3) is 0.300. The Kier molecular flexibility index (Phi) is 7.21. The third-order valence-corrected chi connectivity index (χ3v) is 7.10. The Bertz CT molecular complexity index is 1250. The predicted molar refractivity (Wildman–Crippen MR) is 147 cm³/mol. The molecule has 1 aromatic heterocycles. The monoisotopic (exact) mass is 484 g/mol. The molecule has 0 aliphatic carbocycles. The highest BCUT2D eigenvalue weighted by molar-refractivity contribution is 6.30. The van der Waals surface area contributed by atoms with Crippen molar-refractivity contribution in [3.05, 3.63) is 101 Å². The Labute approximate surface area is 213 Å². The van der Waals surface area contributed by atoms with Crippen LogP contribution in [0.5, 0.6) is 0 Å². The van der Waals surface area contributed by atoms with Gasteiger partial charge in [0.05, 0.1) is 17.1 Å². The zero-order valence-corrected chi connectivity index (χ0v) is 21.3. The molecule has 35 heavy (non-hydrogen) atoms. The zero-order chi connectivity index (χ0) is 24.2. The Morgan fingerprint density at radius 2 is 1.66 bits per heavy atom. The molecule has 180 valence electrons. The summed E-state index contributed by atoms with van der Waals surface area (Å²) in [6, 6.07) is 30.0. The first-order valence-electron chi connectivity index (χ1n) is 12.5. The summed E-state index contributed by atoms with van der Waals surface area (Å²) < 4.78 is 2.06. The third kappa shape index (κ3) is 5.61. The molecule has 2 heterocycles. The molecule has 0 saturated carbocycles. The Morgan fingerprint density at radius 3 is 2.40 bits per heavy atom. The van der Waals surface area contributed by atoms with Crippen molar-refractivity contribution in [1.82, 2.24) is 14.7 Å². The number of benzene rings is 3. The van der Waals surface area contributed by atoms with Gasteiger partial charge in [0.25, 0.3) is 0 Å². The van der Waals surface area contributed by atoms with E-state index in [4.69, 9.17) is 16.7 Å². The number of piperazine rings is 1. The molecule has 5 rings (SSSR count). The smallest absolute Gasteiger partial charge is 0.0743 e. The molecule has 1 aliphatic heterocycles. The minimum atomic E-state index is 0.513. The topological polar surface area (TPSA) is 24.3 Å². The maximum Gasteiger partial charge on any atom is 0.0743 e. The van der Waals surface area contributed by atoms with Gasteiger partial charge in [-0.3, -0.25) is 4.90 Å². The van der Waals surface area contributed by atoms with Gasteiger partial charge in [-0.25, -0.2) is 4.68 Å². The van der Waals surface area contributed by atoms with Gasteiger partial charge in [0.15, 0.2) is 0 Å². The van der Waals surface area contributed by atoms with Gasteiger partial charge in [0.2, 0.25) is 0 Å². The molecule has 1 atom stereocenters. The maximum atomic E-state index is 6.13. The maximum absolute atomic E-state index is 6.13. The van der Waals surface area contributed by atoms with Crippen molar-refractivity contribution < 1.29 is 0 Å². The van der Waals surface area contributed by atoms with Crippen molar-refractivity contribution in [3.8, 4) is 16.9 Å². The van der Waals surface area contributed by atoms with Crippen molar-refractivity contribution in [2.75, 3.05) is 31.1 Å². The first-order valence-corrected chi connectivity index (χ1v) is 12.9. The van der Waals surface area contributed by atoms with Crippen LogP contribution < -0.4 is 4.90 Å². The van der Waals surface area contributed by atoms with Crippen LogP contribution in [0.2, 0.25) is 5.02 Å². The molecule has 1 aliphatic rings. The van der Waals surface area contributed by atoms with E-state index in [2.05, 4.69) is 95.1 Å². The first kappa shape index (κ1) is 23.7. The summed E-state index contributed by atoms with van der Waals surface area (Å²) >= 11 is 6.13. The number of halogens is 1. The Morgan fingerprint density at radius 1 is 0.886 bits per heavy atom. The van der Waals surface area contributed by atoms with Crippen LogP contribution in [0.3, 0.4) is 0 Å². The molecule has 4 nitrogen and oxygen atoms in total. The lowest BCUT2D eigenvalue weighted by molar-refractivity contribution is 0.226. The van der Waals surface area contributed by atoms with Crippen LogP contribution in [0.1, 0.15) is 24.6 Å². The standard InChI is InChI=1S/C30H33ClN4/c1-23-8-6-12-29(20-23)34-19-18-33(22-24(34)2)17-7-9-27-21-30(25-13-15-26(31)16-14-25)35(32-27)28-10-4-3-5-11-28/h3-6,8,10-16,20-21,24H,7,9,17-19,22H2,1-2H3. The zero-order valence-electron chi connectivity index (χ0n) is 20.6. The van der Waals surface area contributed by atoms with Crippen molar-refractivity contribution in [2.24, 2.45) is 0 Å². The number of nitrogens with zero attached hydrogens (tertiary/aromatic N) is 4. The molecule has 1 fully saturated rings. The minimum Gasteiger partial charge on any atom is -0.366 e. The van der Waals surface area contributed by atoms with E-state index in [1.807, 2.05) is 18.2 Å². The average molecular weight is 485 g/mol. The van der Waals surface area contributed by atoms with E-state index < -0.39 is 0 Å². The SMILES string of the molecule is Cc1cccc(N2CCN(CCCc3cc(-c4ccc(Cl)cc4)n(-c4ccccc4)n3)CC2C)c1. The number of aromatic nitrogens is 2. The van der Waals surface area contributed by atoms with Gasteiger partial charge in [-0.05, 0) is 81.3 Å². The van der Waals surface area contributed by atoms with Crippen LogP contribution in [0.25, 0.3) is 16.9 Å². The van der Waals surface area contributed by atoms with Gasteiger partial charge in [0.1, 0.15) is 0 Å².